The molecule has 0 atom stereocenters. The predicted molar refractivity (Wildman–Crippen MR) is 94.6 cm³/mol. The Bertz CT molecular complexity index is 751. The van der Waals surface area contributed by atoms with Gasteiger partial charge in [-0.15, -0.1) is 24.8 Å². The van der Waals surface area contributed by atoms with Crippen molar-refractivity contribution >= 4 is 42.1 Å². The average molecular weight is 394 g/mol. The molecule has 0 radical (unpaired) electrons. The SMILES string of the molecule is Cl.Cl.Nc1cccc2c1CCCN2C(=O)c1ccc(C(F)(F)F)nc1. The minimum absolute atomic E-state index is 0. The van der Waals surface area contributed by atoms with Crippen LogP contribution < -0.4 is 10.6 Å². The highest BCUT2D eigenvalue weighted by Crippen LogP contribution is 2.32. The lowest BCUT2D eigenvalue weighted by Crippen LogP contribution is -2.35. The molecule has 1 aliphatic rings. The number of hydrogen-bond donors (Lipinski definition) is 1. The smallest absolute Gasteiger partial charge is 0.398 e. The molecule has 1 amide bonds. The van der Waals surface area contributed by atoms with Crippen LogP contribution in [0, 0.1) is 0 Å². The van der Waals surface area contributed by atoms with Gasteiger partial charge in [0.15, 0.2) is 0 Å². The van der Waals surface area contributed by atoms with E-state index in [1.807, 2.05) is 0 Å². The van der Waals surface area contributed by atoms with Crippen LogP contribution in [0.15, 0.2) is 36.5 Å². The second-order valence-corrected chi connectivity index (χ2v) is 5.34. The largest absolute Gasteiger partial charge is 0.433 e. The fourth-order valence-corrected chi connectivity index (χ4v) is 2.71. The molecule has 2 N–H and O–H groups in total. The summed E-state index contributed by atoms with van der Waals surface area (Å²) in [5, 5.41) is 0. The zero-order chi connectivity index (χ0) is 16.6. The molecule has 4 nitrogen and oxygen atoms in total. The maximum Gasteiger partial charge on any atom is 0.433 e. The molecule has 9 heteroatoms. The van der Waals surface area contributed by atoms with Gasteiger partial charge in [-0.2, -0.15) is 13.2 Å². The summed E-state index contributed by atoms with van der Waals surface area (Å²) in [6.45, 7) is 0.496. The monoisotopic (exact) mass is 393 g/mol. The number of amides is 1. The number of nitrogens with two attached hydrogens (primary N) is 1. The van der Waals surface area contributed by atoms with Gasteiger partial charge in [-0.1, -0.05) is 6.07 Å². The van der Waals surface area contributed by atoms with Crippen molar-refractivity contribution < 1.29 is 18.0 Å². The van der Waals surface area contributed by atoms with Gasteiger partial charge in [0, 0.05) is 24.1 Å². The molecule has 2 heterocycles. The first-order valence-corrected chi connectivity index (χ1v) is 7.10. The number of benzene rings is 1. The van der Waals surface area contributed by atoms with Crippen LogP contribution in [0.4, 0.5) is 24.5 Å². The maximum atomic E-state index is 12.6. The van der Waals surface area contributed by atoms with Crippen LogP contribution >= 0.6 is 24.8 Å². The summed E-state index contributed by atoms with van der Waals surface area (Å²) >= 11 is 0. The molecule has 0 spiro atoms. The number of hydrogen-bond acceptors (Lipinski definition) is 3. The van der Waals surface area contributed by atoms with Crippen LogP contribution in [0.1, 0.15) is 28.0 Å². The molecule has 0 unspecified atom stereocenters. The van der Waals surface area contributed by atoms with E-state index >= 15 is 0 Å². The summed E-state index contributed by atoms with van der Waals surface area (Å²) in [5.74, 6) is -0.377. The Kier molecular flexibility index (Phi) is 6.68. The second kappa shape index (κ2) is 7.93. The number of anilines is 2. The van der Waals surface area contributed by atoms with Gasteiger partial charge < -0.3 is 10.6 Å². The van der Waals surface area contributed by atoms with E-state index in [1.165, 1.54) is 0 Å². The number of alkyl halides is 3. The van der Waals surface area contributed by atoms with Crippen LogP contribution in [0.2, 0.25) is 0 Å². The minimum atomic E-state index is -4.52. The Balaban J connectivity index is 0.00000156. The topological polar surface area (TPSA) is 59.2 Å². The fourth-order valence-electron chi connectivity index (χ4n) is 2.71. The molecule has 0 saturated carbocycles. The molecule has 0 fully saturated rings. The van der Waals surface area contributed by atoms with E-state index in [0.29, 0.717) is 17.9 Å². The van der Waals surface area contributed by atoms with Crippen molar-refractivity contribution in [3.63, 3.8) is 0 Å². The summed E-state index contributed by atoms with van der Waals surface area (Å²) in [6.07, 6.45) is -2.03. The second-order valence-electron chi connectivity index (χ2n) is 5.34. The molecule has 1 aliphatic heterocycles. The molecule has 0 saturated heterocycles. The molecule has 0 bridgehead atoms. The van der Waals surface area contributed by atoms with E-state index in [-0.39, 0.29) is 36.3 Å². The lowest BCUT2D eigenvalue weighted by molar-refractivity contribution is -0.141. The van der Waals surface area contributed by atoms with E-state index in [1.54, 1.807) is 23.1 Å². The summed E-state index contributed by atoms with van der Waals surface area (Å²) in [4.78, 5) is 17.5. The fraction of sp³-hybridized carbons (Fsp3) is 0.250. The Morgan fingerprint density at radius 2 is 1.88 bits per heavy atom. The molecular weight excluding hydrogens is 378 g/mol. The number of nitrogen functional groups attached to an aromatic ring is 1. The molecule has 136 valence electrons. The van der Waals surface area contributed by atoms with E-state index in [2.05, 4.69) is 4.98 Å². The van der Waals surface area contributed by atoms with E-state index in [0.717, 1.165) is 36.7 Å². The molecule has 1 aromatic carbocycles. The first-order valence-electron chi connectivity index (χ1n) is 7.10. The number of rotatable bonds is 1. The van der Waals surface area contributed by atoms with Crippen LogP contribution in [0.5, 0.6) is 0 Å². The van der Waals surface area contributed by atoms with Gasteiger partial charge in [-0.05, 0) is 42.7 Å². The Morgan fingerprint density at radius 3 is 2.48 bits per heavy atom. The number of carbonyl (C=O) groups excluding carboxylic acids is 1. The minimum Gasteiger partial charge on any atom is -0.398 e. The van der Waals surface area contributed by atoms with Crippen LogP contribution in [-0.2, 0) is 12.6 Å². The Morgan fingerprint density at radius 1 is 1.16 bits per heavy atom. The van der Waals surface area contributed by atoms with Gasteiger partial charge in [0.2, 0.25) is 0 Å². The van der Waals surface area contributed by atoms with Crippen LogP contribution in [0.25, 0.3) is 0 Å². The quantitative estimate of drug-likeness (QED) is 0.741. The van der Waals surface area contributed by atoms with Gasteiger partial charge in [-0.25, -0.2) is 0 Å². The van der Waals surface area contributed by atoms with Crippen LogP contribution in [-0.4, -0.2) is 17.4 Å². The van der Waals surface area contributed by atoms with Gasteiger partial charge >= 0.3 is 6.18 Å². The first kappa shape index (κ1) is 21.1. The van der Waals surface area contributed by atoms with Gasteiger partial charge in [0.1, 0.15) is 5.69 Å². The molecule has 1 aromatic heterocycles. The number of pyridine rings is 1. The van der Waals surface area contributed by atoms with Gasteiger partial charge in [0.25, 0.3) is 5.91 Å². The average Bonchev–Trinajstić information content (AvgIpc) is 2.53. The van der Waals surface area contributed by atoms with Crippen molar-refractivity contribution in [2.45, 2.75) is 19.0 Å². The maximum absolute atomic E-state index is 12.6. The summed E-state index contributed by atoms with van der Waals surface area (Å²) in [5.41, 5.74) is 7.26. The summed E-state index contributed by atoms with van der Waals surface area (Å²) in [6, 6.07) is 7.29. The molecule has 0 aliphatic carbocycles. The van der Waals surface area contributed by atoms with Crippen molar-refractivity contribution in [2.75, 3.05) is 17.2 Å². The Labute approximate surface area is 155 Å². The molecule has 3 rings (SSSR count). The molecular formula is C16H16Cl2F3N3O. The predicted octanol–water partition coefficient (Wildman–Crippen LogP) is 4.12. The number of fused-ring (bicyclic) bond motifs is 1. The lowest BCUT2D eigenvalue weighted by Gasteiger charge is -2.30. The zero-order valence-corrected chi connectivity index (χ0v) is 14.5. The van der Waals surface area contributed by atoms with Crippen molar-refractivity contribution in [1.29, 1.82) is 0 Å². The van der Waals surface area contributed by atoms with E-state index in [4.69, 9.17) is 5.73 Å². The molecule has 25 heavy (non-hydrogen) atoms. The van der Waals surface area contributed by atoms with Crippen molar-refractivity contribution in [1.82, 2.24) is 4.98 Å². The third kappa shape index (κ3) is 4.16. The highest BCUT2D eigenvalue weighted by Gasteiger charge is 2.33. The lowest BCUT2D eigenvalue weighted by atomic mass is 9.99. The number of carbonyl (C=O) groups is 1. The van der Waals surface area contributed by atoms with Gasteiger partial charge in [-0.3, -0.25) is 9.78 Å². The number of nitrogens with zero attached hydrogens (tertiary/aromatic N) is 2. The van der Waals surface area contributed by atoms with Crippen molar-refractivity contribution in [3.8, 4) is 0 Å². The third-order valence-corrected chi connectivity index (χ3v) is 3.83. The number of aromatic nitrogens is 1. The van der Waals surface area contributed by atoms with Crippen molar-refractivity contribution in [2.24, 2.45) is 0 Å². The number of halogens is 5. The van der Waals surface area contributed by atoms with Crippen LogP contribution in [0.3, 0.4) is 0 Å². The normalized spacial score (nSPS) is 13.3. The first-order chi connectivity index (χ1) is 10.9. The summed E-state index contributed by atoms with van der Waals surface area (Å²) in [7, 11) is 0. The van der Waals surface area contributed by atoms with Crippen molar-refractivity contribution in [3.05, 3.63) is 53.3 Å². The van der Waals surface area contributed by atoms with E-state index < -0.39 is 11.9 Å². The third-order valence-electron chi connectivity index (χ3n) is 3.83. The Hall–Kier alpha value is -1.99. The highest BCUT2D eigenvalue weighted by atomic mass is 35.5. The van der Waals surface area contributed by atoms with E-state index in [9.17, 15) is 18.0 Å². The highest BCUT2D eigenvalue weighted by molar-refractivity contribution is 6.07. The van der Waals surface area contributed by atoms with Gasteiger partial charge in [0.05, 0.1) is 5.56 Å². The summed E-state index contributed by atoms with van der Waals surface area (Å²) < 4.78 is 37.6. The molecule has 2 aromatic rings. The standard InChI is InChI=1S/C16H14F3N3O.2ClH/c17-16(18,19)14-7-6-10(9-21-14)15(23)22-8-2-3-11-12(20)4-1-5-13(11)22;;/h1,4-7,9H,2-3,8,20H2;2*1H. The zero-order valence-electron chi connectivity index (χ0n) is 12.9.